The molecule has 7 heteroatoms. The van der Waals surface area contributed by atoms with Crippen LogP contribution >= 0.6 is 11.6 Å². The molecule has 5 nitrogen and oxygen atoms in total. The molecule has 0 unspecified atom stereocenters. The Morgan fingerprint density at radius 3 is 2.50 bits per heavy atom. The second-order valence-electron chi connectivity index (χ2n) is 3.62. The largest absolute Gasteiger partial charge is 0.399 e. The predicted molar refractivity (Wildman–Crippen MR) is 66.7 cm³/mol. The fourth-order valence-corrected chi connectivity index (χ4v) is 2.54. The minimum absolute atomic E-state index is 0.190. The molecule has 0 atom stereocenters. The van der Waals surface area contributed by atoms with Crippen molar-refractivity contribution in [2.24, 2.45) is 0 Å². The number of hydrogen-bond donors (Lipinski definition) is 3. The standard InChI is InChI=1S/C9H14ClN3O2S/c1-6(2)12-16(14,15)13-9-4-3-7(11)5-8(9)10/h3-6,12-13H,11H2,1-2H3. The van der Waals surface area contributed by atoms with Crippen molar-refractivity contribution in [3.8, 4) is 0 Å². The molecule has 0 saturated carbocycles. The van der Waals surface area contributed by atoms with Crippen LogP contribution in [0.4, 0.5) is 11.4 Å². The molecular weight excluding hydrogens is 250 g/mol. The van der Waals surface area contributed by atoms with Crippen LogP contribution in [-0.4, -0.2) is 14.5 Å². The number of nitrogens with two attached hydrogens (primary N) is 1. The van der Waals surface area contributed by atoms with E-state index >= 15 is 0 Å². The lowest BCUT2D eigenvalue weighted by Crippen LogP contribution is -2.35. The van der Waals surface area contributed by atoms with E-state index in [2.05, 4.69) is 9.44 Å². The first-order chi connectivity index (χ1) is 7.30. The van der Waals surface area contributed by atoms with E-state index in [1.165, 1.54) is 12.1 Å². The SMILES string of the molecule is CC(C)NS(=O)(=O)Nc1ccc(N)cc1Cl. The Morgan fingerprint density at radius 1 is 1.38 bits per heavy atom. The van der Waals surface area contributed by atoms with Crippen molar-refractivity contribution in [1.29, 1.82) is 0 Å². The first-order valence-corrected chi connectivity index (χ1v) is 6.51. The monoisotopic (exact) mass is 263 g/mol. The highest BCUT2D eigenvalue weighted by atomic mass is 35.5. The number of benzene rings is 1. The van der Waals surface area contributed by atoms with Gasteiger partial charge < -0.3 is 5.73 Å². The van der Waals surface area contributed by atoms with Gasteiger partial charge in [-0.2, -0.15) is 13.1 Å². The van der Waals surface area contributed by atoms with Gasteiger partial charge in [0, 0.05) is 11.7 Å². The molecule has 0 spiro atoms. The van der Waals surface area contributed by atoms with Gasteiger partial charge in [0.1, 0.15) is 0 Å². The Balaban J connectivity index is 2.88. The quantitative estimate of drug-likeness (QED) is 0.721. The van der Waals surface area contributed by atoms with Gasteiger partial charge >= 0.3 is 0 Å². The number of anilines is 2. The molecule has 0 fully saturated rings. The molecule has 4 N–H and O–H groups in total. The molecule has 1 aromatic rings. The van der Waals surface area contributed by atoms with E-state index in [0.717, 1.165) is 0 Å². The van der Waals surface area contributed by atoms with Crippen LogP contribution in [-0.2, 0) is 10.2 Å². The van der Waals surface area contributed by atoms with Gasteiger partial charge in [-0.3, -0.25) is 4.72 Å². The van der Waals surface area contributed by atoms with E-state index in [-0.39, 0.29) is 11.1 Å². The van der Waals surface area contributed by atoms with Crippen molar-refractivity contribution in [3.05, 3.63) is 23.2 Å². The number of rotatable bonds is 4. The average Bonchev–Trinajstić information content (AvgIpc) is 2.07. The summed E-state index contributed by atoms with van der Waals surface area (Å²) in [5.74, 6) is 0. The smallest absolute Gasteiger partial charge is 0.299 e. The second-order valence-corrected chi connectivity index (χ2v) is 5.47. The highest BCUT2D eigenvalue weighted by Gasteiger charge is 2.13. The van der Waals surface area contributed by atoms with Crippen LogP contribution in [0.25, 0.3) is 0 Å². The molecule has 16 heavy (non-hydrogen) atoms. The molecule has 0 amide bonds. The summed E-state index contributed by atoms with van der Waals surface area (Å²) < 4.78 is 27.8. The van der Waals surface area contributed by atoms with Crippen molar-refractivity contribution in [2.75, 3.05) is 10.5 Å². The lowest BCUT2D eigenvalue weighted by Gasteiger charge is -2.12. The number of halogens is 1. The molecule has 0 aliphatic heterocycles. The zero-order valence-electron chi connectivity index (χ0n) is 8.99. The number of nitrogens with one attached hydrogen (secondary N) is 2. The molecular formula is C9H14ClN3O2S. The first-order valence-electron chi connectivity index (χ1n) is 4.65. The van der Waals surface area contributed by atoms with Gasteiger partial charge in [-0.15, -0.1) is 0 Å². The summed E-state index contributed by atoms with van der Waals surface area (Å²) in [7, 11) is -3.59. The third-order valence-electron chi connectivity index (χ3n) is 1.63. The summed E-state index contributed by atoms with van der Waals surface area (Å²) in [6, 6.07) is 4.37. The molecule has 0 heterocycles. The van der Waals surface area contributed by atoms with Gasteiger partial charge in [0.25, 0.3) is 10.2 Å². The Hall–Kier alpha value is -0.980. The number of hydrogen-bond acceptors (Lipinski definition) is 3. The van der Waals surface area contributed by atoms with Gasteiger partial charge in [0.15, 0.2) is 0 Å². The summed E-state index contributed by atoms with van der Waals surface area (Å²) in [4.78, 5) is 0. The Bertz CT molecular complexity index is 474. The summed E-state index contributed by atoms with van der Waals surface area (Å²) in [6.07, 6.45) is 0. The summed E-state index contributed by atoms with van der Waals surface area (Å²) in [5.41, 5.74) is 6.27. The van der Waals surface area contributed by atoms with Gasteiger partial charge in [-0.25, -0.2) is 0 Å². The zero-order chi connectivity index (χ0) is 12.3. The van der Waals surface area contributed by atoms with E-state index in [4.69, 9.17) is 17.3 Å². The van der Waals surface area contributed by atoms with E-state index in [0.29, 0.717) is 11.4 Å². The molecule has 90 valence electrons. The van der Waals surface area contributed by atoms with Gasteiger partial charge in [0.2, 0.25) is 0 Å². The summed E-state index contributed by atoms with van der Waals surface area (Å²) in [6.45, 7) is 3.45. The van der Waals surface area contributed by atoms with Gasteiger partial charge in [-0.1, -0.05) is 11.6 Å². The van der Waals surface area contributed by atoms with Crippen LogP contribution in [0.5, 0.6) is 0 Å². The normalized spacial score (nSPS) is 11.8. The van der Waals surface area contributed by atoms with Crippen molar-refractivity contribution < 1.29 is 8.42 Å². The lowest BCUT2D eigenvalue weighted by atomic mass is 10.3. The van der Waals surface area contributed by atoms with Crippen molar-refractivity contribution in [1.82, 2.24) is 4.72 Å². The Kier molecular flexibility index (Phi) is 4.01. The fraction of sp³-hybridized carbons (Fsp3) is 0.333. The molecule has 0 aromatic heterocycles. The average molecular weight is 264 g/mol. The van der Waals surface area contributed by atoms with E-state index in [1.807, 2.05) is 0 Å². The molecule has 0 bridgehead atoms. The van der Waals surface area contributed by atoms with Crippen molar-refractivity contribution >= 4 is 33.2 Å². The maximum atomic E-state index is 11.5. The minimum atomic E-state index is -3.59. The molecule has 0 radical (unpaired) electrons. The van der Waals surface area contributed by atoms with Gasteiger partial charge in [0.05, 0.1) is 10.7 Å². The van der Waals surface area contributed by atoms with Crippen molar-refractivity contribution in [2.45, 2.75) is 19.9 Å². The molecule has 1 aromatic carbocycles. The predicted octanol–water partition coefficient (Wildman–Crippen LogP) is 1.58. The summed E-state index contributed by atoms with van der Waals surface area (Å²) >= 11 is 5.84. The minimum Gasteiger partial charge on any atom is -0.399 e. The fourth-order valence-electron chi connectivity index (χ4n) is 1.10. The molecule has 0 saturated heterocycles. The maximum absolute atomic E-state index is 11.5. The Labute approximate surface area is 100 Å². The third kappa shape index (κ3) is 3.88. The highest BCUT2D eigenvalue weighted by Crippen LogP contribution is 2.24. The van der Waals surface area contributed by atoms with Crippen LogP contribution in [0, 0.1) is 0 Å². The van der Waals surface area contributed by atoms with Crippen LogP contribution < -0.4 is 15.2 Å². The molecule has 1 rings (SSSR count). The van der Waals surface area contributed by atoms with Crippen LogP contribution in [0.2, 0.25) is 5.02 Å². The second kappa shape index (κ2) is 4.90. The van der Waals surface area contributed by atoms with Crippen molar-refractivity contribution in [3.63, 3.8) is 0 Å². The van der Waals surface area contributed by atoms with Crippen LogP contribution in [0.3, 0.4) is 0 Å². The van der Waals surface area contributed by atoms with Crippen LogP contribution in [0.15, 0.2) is 18.2 Å². The van der Waals surface area contributed by atoms with Gasteiger partial charge in [-0.05, 0) is 32.0 Å². The third-order valence-corrected chi connectivity index (χ3v) is 3.21. The lowest BCUT2D eigenvalue weighted by molar-refractivity contribution is 0.575. The van der Waals surface area contributed by atoms with Crippen LogP contribution in [0.1, 0.15) is 13.8 Å². The topological polar surface area (TPSA) is 84.2 Å². The first kappa shape index (κ1) is 13.1. The highest BCUT2D eigenvalue weighted by molar-refractivity contribution is 7.90. The molecule has 0 aliphatic carbocycles. The van der Waals surface area contributed by atoms with E-state index < -0.39 is 10.2 Å². The maximum Gasteiger partial charge on any atom is 0.299 e. The van der Waals surface area contributed by atoms with E-state index in [9.17, 15) is 8.42 Å². The number of nitrogen functional groups attached to an aromatic ring is 1. The Morgan fingerprint density at radius 2 is 2.00 bits per heavy atom. The zero-order valence-corrected chi connectivity index (χ0v) is 10.6. The summed E-state index contributed by atoms with van der Waals surface area (Å²) in [5, 5.41) is 0.258. The molecule has 0 aliphatic rings. The van der Waals surface area contributed by atoms with E-state index in [1.54, 1.807) is 19.9 Å².